The Morgan fingerprint density at radius 2 is 2.04 bits per heavy atom. The van der Waals surface area contributed by atoms with Crippen LogP contribution in [0.15, 0.2) is 18.2 Å². The summed E-state index contributed by atoms with van der Waals surface area (Å²) in [5, 5.41) is -0.0359. The van der Waals surface area contributed by atoms with E-state index in [1.165, 1.54) is 11.0 Å². The summed E-state index contributed by atoms with van der Waals surface area (Å²) >= 11 is 0. The lowest BCUT2D eigenvalue weighted by atomic mass is 9.96. The lowest BCUT2D eigenvalue weighted by Gasteiger charge is -2.35. The number of fused-ring (bicyclic) bond motifs is 1. The van der Waals surface area contributed by atoms with Gasteiger partial charge in [-0.25, -0.2) is 4.98 Å². The number of hydrogen-bond donors (Lipinski definition) is 1. The third-order valence-corrected chi connectivity index (χ3v) is 8.84. The Morgan fingerprint density at radius 3 is 2.67 bits per heavy atom. The second-order valence-corrected chi connectivity index (χ2v) is 12.3. The molecule has 1 N–H and O–H groups in total. The van der Waals surface area contributed by atoms with E-state index in [2.05, 4.69) is 44.5 Å². The first kappa shape index (κ1) is 19.2. The van der Waals surface area contributed by atoms with E-state index >= 15 is 0 Å². The van der Waals surface area contributed by atoms with E-state index < -0.39 is 8.32 Å². The fourth-order valence-corrected chi connectivity index (χ4v) is 3.49. The van der Waals surface area contributed by atoms with Gasteiger partial charge in [0.25, 0.3) is 0 Å². The van der Waals surface area contributed by atoms with E-state index in [0.717, 1.165) is 37.3 Å². The fourth-order valence-electron chi connectivity index (χ4n) is 2.75. The maximum atomic E-state index is 10.5. The number of benzene rings is 1. The van der Waals surface area contributed by atoms with Crippen LogP contribution in [0.5, 0.6) is 0 Å². The van der Waals surface area contributed by atoms with Gasteiger partial charge in [0.1, 0.15) is 13.7 Å². The first-order valence-corrected chi connectivity index (χ1v) is 11.9. The van der Waals surface area contributed by atoms with Crippen molar-refractivity contribution >= 4 is 32.7 Å². The van der Waals surface area contributed by atoms with Gasteiger partial charge in [-0.2, -0.15) is 0 Å². The molecule has 0 aliphatic rings. The van der Waals surface area contributed by atoms with Gasteiger partial charge in [0.2, 0.25) is 0 Å². The standard InChI is InChI=1S/C18H31BN2O2Si/c1-6-23-12-11-21-16-13-14(19)7-8-15(16)20-17(21)9-10-18(2,3)24(4,5)22/h7-8,13,22H,6,9-12,19H2,1-5H3. The Balaban J connectivity index is 2.29. The van der Waals surface area contributed by atoms with Crippen LogP contribution < -0.4 is 5.46 Å². The molecule has 0 fully saturated rings. The molecule has 0 atom stereocenters. The van der Waals surface area contributed by atoms with E-state index in [-0.39, 0.29) is 5.04 Å². The SMILES string of the molecule is Bc1ccc2nc(CCC(C)(C)[Si](C)(C)O)n(CCOCC)c2c1. The van der Waals surface area contributed by atoms with Crippen molar-refractivity contribution in [3.8, 4) is 0 Å². The third-order valence-electron chi connectivity index (χ3n) is 5.28. The van der Waals surface area contributed by atoms with Gasteiger partial charge >= 0.3 is 0 Å². The van der Waals surface area contributed by atoms with Crippen LogP contribution in [0.4, 0.5) is 0 Å². The summed E-state index contributed by atoms with van der Waals surface area (Å²) in [4.78, 5) is 15.4. The highest BCUT2D eigenvalue weighted by atomic mass is 28.4. The van der Waals surface area contributed by atoms with Gasteiger partial charge in [-0.05, 0) is 43.6 Å². The minimum absolute atomic E-state index is 0.0359. The van der Waals surface area contributed by atoms with Gasteiger partial charge in [0.05, 0.1) is 17.6 Å². The number of aryl methyl sites for hydroxylation is 1. The second-order valence-electron chi connectivity index (χ2n) is 7.81. The van der Waals surface area contributed by atoms with Gasteiger partial charge in [-0.3, -0.25) is 0 Å². The van der Waals surface area contributed by atoms with Gasteiger partial charge in [-0.15, -0.1) is 0 Å². The second kappa shape index (κ2) is 7.42. The molecule has 2 rings (SSSR count). The van der Waals surface area contributed by atoms with E-state index in [0.29, 0.717) is 6.61 Å². The molecule has 6 heteroatoms. The van der Waals surface area contributed by atoms with Gasteiger partial charge in [0.15, 0.2) is 8.32 Å². The molecular weight excluding hydrogens is 315 g/mol. The van der Waals surface area contributed by atoms with Gasteiger partial charge in [-0.1, -0.05) is 25.4 Å². The summed E-state index contributed by atoms with van der Waals surface area (Å²) in [5.74, 6) is 1.10. The summed E-state index contributed by atoms with van der Waals surface area (Å²) in [6.07, 6.45) is 1.82. The normalized spacial score (nSPS) is 12.9. The molecule has 24 heavy (non-hydrogen) atoms. The quantitative estimate of drug-likeness (QED) is 0.589. The van der Waals surface area contributed by atoms with Crippen molar-refractivity contribution < 1.29 is 9.53 Å². The van der Waals surface area contributed by atoms with Crippen molar-refractivity contribution in [2.45, 2.75) is 58.3 Å². The highest BCUT2D eigenvalue weighted by molar-refractivity contribution is 6.72. The highest BCUT2D eigenvalue weighted by Gasteiger charge is 2.37. The molecule has 0 bridgehead atoms. The molecule has 1 aromatic heterocycles. The minimum Gasteiger partial charge on any atom is -0.432 e. The van der Waals surface area contributed by atoms with E-state index in [9.17, 15) is 4.80 Å². The fraction of sp³-hybridized carbons (Fsp3) is 0.611. The first-order valence-electron chi connectivity index (χ1n) is 8.91. The van der Waals surface area contributed by atoms with Crippen molar-refractivity contribution in [1.29, 1.82) is 0 Å². The zero-order valence-corrected chi connectivity index (χ0v) is 17.0. The van der Waals surface area contributed by atoms with Crippen molar-refractivity contribution in [3.63, 3.8) is 0 Å². The summed E-state index contributed by atoms with van der Waals surface area (Å²) in [6.45, 7) is 12.7. The van der Waals surface area contributed by atoms with E-state index in [1.54, 1.807) is 0 Å². The van der Waals surface area contributed by atoms with Crippen LogP contribution in [0.3, 0.4) is 0 Å². The number of rotatable bonds is 8. The predicted molar refractivity (Wildman–Crippen MR) is 106 cm³/mol. The number of nitrogens with zero attached hydrogens (tertiary/aromatic N) is 2. The highest BCUT2D eigenvalue weighted by Crippen LogP contribution is 2.39. The zero-order chi connectivity index (χ0) is 18.0. The van der Waals surface area contributed by atoms with Crippen molar-refractivity contribution in [2.24, 2.45) is 0 Å². The van der Waals surface area contributed by atoms with Gasteiger partial charge < -0.3 is 14.1 Å². The molecule has 4 nitrogen and oxygen atoms in total. The molecule has 1 heterocycles. The Labute approximate surface area is 147 Å². The Bertz CT molecular complexity index is 692. The summed E-state index contributed by atoms with van der Waals surface area (Å²) in [5.41, 5.74) is 3.48. The number of aromatic nitrogens is 2. The molecule has 0 saturated carbocycles. The van der Waals surface area contributed by atoms with Crippen LogP contribution in [0.1, 0.15) is 33.0 Å². The van der Waals surface area contributed by atoms with Crippen LogP contribution in [-0.4, -0.2) is 43.7 Å². The molecular formula is C18H31BN2O2Si. The lowest BCUT2D eigenvalue weighted by molar-refractivity contribution is 0.139. The lowest BCUT2D eigenvalue weighted by Crippen LogP contribution is -2.39. The van der Waals surface area contributed by atoms with Crippen LogP contribution in [0.25, 0.3) is 11.0 Å². The average molecular weight is 346 g/mol. The topological polar surface area (TPSA) is 47.3 Å². The number of imidazole rings is 1. The molecule has 1 aromatic carbocycles. The summed E-state index contributed by atoms with van der Waals surface area (Å²) in [7, 11) is -0.0839. The third kappa shape index (κ3) is 4.29. The molecule has 0 radical (unpaired) electrons. The van der Waals surface area contributed by atoms with E-state index in [1.807, 2.05) is 20.0 Å². The maximum absolute atomic E-state index is 10.5. The van der Waals surface area contributed by atoms with Crippen LogP contribution >= 0.6 is 0 Å². The molecule has 0 saturated heterocycles. The van der Waals surface area contributed by atoms with E-state index in [4.69, 9.17) is 9.72 Å². The van der Waals surface area contributed by atoms with Crippen LogP contribution in [0.2, 0.25) is 18.1 Å². The van der Waals surface area contributed by atoms with Crippen molar-refractivity contribution in [2.75, 3.05) is 13.2 Å². The monoisotopic (exact) mass is 346 g/mol. The predicted octanol–water partition coefficient (Wildman–Crippen LogP) is 2.24. The molecule has 2 aromatic rings. The molecule has 0 unspecified atom stereocenters. The Hall–Kier alpha value is -1.11. The first-order chi connectivity index (χ1) is 11.2. The Kier molecular flexibility index (Phi) is 5.94. The van der Waals surface area contributed by atoms with Crippen molar-refractivity contribution in [3.05, 3.63) is 24.0 Å². The van der Waals surface area contributed by atoms with Crippen molar-refractivity contribution in [1.82, 2.24) is 9.55 Å². The molecule has 0 spiro atoms. The Morgan fingerprint density at radius 1 is 1.33 bits per heavy atom. The smallest absolute Gasteiger partial charge is 0.188 e. The maximum Gasteiger partial charge on any atom is 0.188 e. The molecule has 0 amide bonds. The van der Waals surface area contributed by atoms with Gasteiger partial charge in [0, 0.05) is 19.6 Å². The number of ether oxygens (including phenoxy) is 1. The largest absolute Gasteiger partial charge is 0.432 e. The average Bonchev–Trinajstić information content (AvgIpc) is 2.82. The number of hydrogen-bond acceptors (Lipinski definition) is 3. The van der Waals surface area contributed by atoms with Crippen LogP contribution in [0, 0.1) is 0 Å². The molecule has 132 valence electrons. The minimum atomic E-state index is -2.20. The molecule has 0 aliphatic heterocycles. The molecule has 0 aliphatic carbocycles. The summed E-state index contributed by atoms with van der Waals surface area (Å²) in [6, 6.07) is 6.41. The van der Waals surface area contributed by atoms with Crippen LogP contribution in [-0.2, 0) is 17.7 Å². The zero-order valence-electron chi connectivity index (χ0n) is 16.0. The summed E-state index contributed by atoms with van der Waals surface area (Å²) < 4.78 is 7.85.